The van der Waals surface area contributed by atoms with Crippen LogP contribution in [0, 0.1) is 28.6 Å². The fourth-order valence-electron chi connectivity index (χ4n) is 8.47. The Bertz CT molecular complexity index is 1210. The number of benzene rings is 1. The van der Waals surface area contributed by atoms with Gasteiger partial charge in [0.1, 0.15) is 12.1 Å². The number of carbonyl (C=O) groups is 1. The van der Waals surface area contributed by atoms with Gasteiger partial charge in [-0.15, -0.1) is 0 Å². The van der Waals surface area contributed by atoms with Crippen LogP contribution in [-0.2, 0) is 16.0 Å². The third-order valence-corrected chi connectivity index (χ3v) is 10.5. The molecule has 6 rings (SSSR count). The van der Waals surface area contributed by atoms with Crippen molar-refractivity contribution in [1.29, 1.82) is 0 Å². The SMILES string of the molecule is C[C@]12CC[C@H](OC(=O)[C@H](N)Cc3ccccc3)CC1=CC[C@@H]1[C@@H]2CC[C@]2(C)C(c3cccnc3)=CC[C@@H]12. The van der Waals surface area contributed by atoms with E-state index in [1.54, 1.807) is 0 Å². The zero-order chi connectivity index (χ0) is 25.6. The van der Waals surface area contributed by atoms with E-state index in [2.05, 4.69) is 43.1 Å². The first-order valence-corrected chi connectivity index (χ1v) is 14.2. The Balaban J connectivity index is 1.13. The van der Waals surface area contributed by atoms with Crippen LogP contribution in [0.2, 0.25) is 0 Å². The topological polar surface area (TPSA) is 65.2 Å². The van der Waals surface area contributed by atoms with Crippen molar-refractivity contribution >= 4 is 11.5 Å². The highest BCUT2D eigenvalue weighted by atomic mass is 16.5. The number of pyridine rings is 1. The standard InChI is InChI=1S/C33H40N2O2/c1-32-16-14-25(37-31(36)30(34)19-22-7-4-3-5-8-22)20-24(32)10-11-26-28-13-12-27(23-9-6-18-35-21-23)33(28,2)17-15-29(26)32/h3-10,12,18,21,25-26,28-30H,11,13-17,19-20,34H2,1-2H3/t25-,26-,28-,29-,30+,32-,33+/m0/s1. The van der Waals surface area contributed by atoms with Gasteiger partial charge in [0.05, 0.1) is 0 Å². The van der Waals surface area contributed by atoms with E-state index in [1.165, 1.54) is 36.0 Å². The summed E-state index contributed by atoms with van der Waals surface area (Å²) in [5.41, 5.74) is 12.1. The first-order chi connectivity index (χ1) is 17.9. The summed E-state index contributed by atoms with van der Waals surface area (Å²) in [5.74, 6) is 1.86. The summed E-state index contributed by atoms with van der Waals surface area (Å²) in [7, 11) is 0. The number of fused-ring (bicyclic) bond motifs is 5. The molecule has 4 nitrogen and oxygen atoms in total. The minimum atomic E-state index is -0.611. The molecule has 37 heavy (non-hydrogen) atoms. The van der Waals surface area contributed by atoms with Crippen LogP contribution in [0.25, 0.3) is 5.57 Å². The molecule has 194 valence electrons. The summed E-state index contributed by atoms with van der Waals surface area (Å²) in [6.07, 6.45) is 17.2. The van der Waals surface area contributed by atoms with E-state index in [9.17, 15) is 4.79 Å². The van der Waals surface area contributed by atoms with E-state index >= 15 is 0 Å². The van der Waals surface area contributed by atoms with Crippen LogP contribution in [0.3, 0.4) is 0 Å². The summed E-state index contributed by atoms with van der Waals surface area (Å²) >= 11 is 0. The van der Waals surface area contributed by atoms with Crippen LogP contribution >= 0.6 is 0 Å². The molecular formula is C33H40N2O2. The lowest BCUT2D eigenvalue weighted by Crippen LogP contribution is -2.50. The van der Waals surface area contributed by atoms with Crippen LogP contribution in [0.1, 0.15) is 69.9 Å². The molecule has 2 aromatic rings. The van der Waals surface area contributed by atoms with Crippen molar-refractivity contribution in [3.8, 4) is 0 Å². The van der Waals surface area contributed by atoms with Gasteiger partial charge in [-0.05, 0) is 96.3 Å². The van der Waals surface area contributed by atoms with Crippen molar-refractivity contribution in [2.75, 3.05) is 0 Å². The minimum Gasteiger partial charge on any atom is -0.461 e. The van der Waals surface area contributed by atoms with Crippen molar-refractivity contribution < 1.29 is 9.53 Å². The molecular weight excluding hydrogens is 456 g/mol. The average molecular weight is 497 g/mol. The normalized spacial score (nSPS) is 35.3. The second kappa shape index (κ2) is 9.54. The van der Waals surface area contributed by atoms with Crippen molar-refractivity contribution in [2.24, 2.45) is 34.3 Å². The molecule has 0 aliphatic heterocycles. The highest BCUT2D eigenvalue weighted by Crippen LogP contribution is 2.66. The predicted molar refractivity (Wildman–Crippen MR) is 147 cm³/mol. The lowest BCUT2D eigenvalue weighted by molar-refractivity contribution is -0.153. The molecule has 2 N–H and O–H groups in total. The van der Waals surface area contributed by atoms with Crippen molar-refractivity contribution in [3.63, 3.8) is 0 Å². The second-order valence-corrected chi connectivity index (χ2v) is 12.4. The van der Waals surface area contributed by atoms with Crippen LogP contribution in [0.15, 0.2) is 72.6 Å². The van der Waals surface area contributed by atoms with E-state index in [0.717, 1.165) is 37.2 Å². The van der Waals surface area contributed by atoms with Crippen LogP contribution in [0.5, 0.6) is 0 Å². The number of nitrogens with zero attached hydrogens (tertiary/aromatic N) is 1. The Hall–Kier alpha value is -2.72. The molecule has 0 bridgehead atoms. The number of nitrogens with two attached hydrogens (primary N) is 1. The maximum absolute atomic E-state index is 12.8. The molecule has 0 saturated heterocycles. The molecule has 0 spiro atoms. The van der Waals surface area contributed by atoms with Crippen molar-refractivity contribution in [2.45, 2.75) is 77.4 Å². The number of hydrogen-bond donors (Lipinski definition) is 1. The molecule has 7 atom stereocenters. The maximum Gasteiger partial charge on any atom is 0.323 e. The number of allylic oxidation sites excluding steroid dienone is 3. The second-order valence-electron chi connectivity index (χ2n) is 12.4. The highest BCUT2D eigenvalue weighted by Gasteiger charge is 2.57. The van der Waals surface area contributed by atoms with E-state index in [1.807, 2.05) is 42.7 Å². The Morgan fingerprint density at radius 2 is 1.84 bits per heavy atom. The number of carbonyl (C=O) groups excluding carboxylic acids is 1. The molecule has 2 fully saturated rings. The number of ether oxygens (including phenoxy) is 1. The predicted octanol–water partition coefficient (Wildman–Crippen LogP) is 6.52. The minimum absolute atomic E-state index is 0.0515. The van der Waals surface area contributed by atoms with E-state index in [4.69, 9.17) is 10.5 Å². The molecule has 1 aromatic carbocycles. The van der Waals surface area contributed by atoms with Crippen LogP contribution in [0.4, 0.5) is 0 Å². The molecule has 0 amide bonds. The molecule has 2 saturated carbocycles. The van der Waals surface area contributed by atoms with Gasteiger partial charge in [-0.1, -0.05) is 68.0 Å². The average Bonchev–Trinajstić information content (AvgIpc) is 3.27. The summed E-state index contributed by atoms with van der Waals surface area (Å²) < 4.78 is 5.98. The summed E-state index contributed by atoms with van der Waals surface area (Å²) in [5, 5.41) is 0. The largest absolute Gasteiger partial charge is 0.461 e. The van der Waals surface area contributed by atoms with Crippen molar-refractivity contribution in [1.82, 2.24) is 4.98 Å². The fraction of sp³-hybridized carbons (Fsp3) is 0.515. The Kier molecular flexibility index (Phi) is 6.35. The monoisotopic (exact) mass is 496 g/mol. The molecule has 0 radical (unpaired) electrons. The van der Waals surface area contributed by atoms with E-state index in [0.29, 0.717) is 18.3 Å². The van der Waals surface area contributed by atoms with Gasteiger partial charge in [-0.2, -0.15) is 0 Å². The molecule has 1 heterocycles. The first kappa shape index (κ1) is 24.6. The fourth-order valence-corrected chi connectivity index (χ4v) is 8.47. The van der Waals surface area contributed by atoms with Gasteiger partial charge in [-0.25, -0.2) is 0 Å². The van der Waals surface area contributed by atoms with Crippen LogP contribution < -0.4 is 5.73 Å². The van der Waals surface area contributed by atoms with E-state index < -0.39 is 6.04 Å². The summed E-state index contributed by atoms with van der Waals surface area (Å²) in [4.78, 5) is 17.2. The number of esters is 1. The first-order valence-electron chi connectivity index (χ1n) is 14.2. The van der Waals surface area contributed by atoms with Gasteiger partial charge < -0.3 is 10.5 Å². The summed E-state index contributed by atoms with van der Waals surface area (Å²) in [6, 6.07) is 13.6. The highest BCUT2D eigenvalue weighted by molar-refractivity contribution is 5.76. The van der Waals surface area contributed by atoms with Gasteiger partial charge in [-0.3, -0.25) is 9.78 Å². The van der Waals surface area contributed by atoms with Crippen molar-refractivity contribution in [3.05, 3.63) is 83.7 Å². The van der Waals surface area contributed by atoms with Gasteiger partial charge in [0.2, 0.25) is 0 Å². The zero-order valence-electron chi connectivity index (χ0n) is 22.2. The Morgan fingerprint density at radius 3 is 2.62 bits per heavy atom. The van der Waals surface area contributed by atoms with Crippen LogP contribution in [-0.4, -0.2) is 23.1 Å². The molecule has 4 aliphatic rings. The maximum atomic E-state index is 12.8. The summed E-state index contributed by atoms with van der Waals surface area (Å²) in [6.45, 7) is 5.01. The third kappa shape index (κ3) is 4.27. The van der Waals surface area contributed by atoms with E-state index in [-0.39, 0.29) is 22.9 Å². The quantitative estimate of drug-likeness (QED) is 0.378. The number of rotatable bonds is 5. The lowest BCUT2D eigenvalue weighted by atomic mass is 9.47. The Morgan fingerprint density at radius 1 is 1.03 bits per heavy atom. The Labute approximate surface area is 221 Å². The van der Waals surface area contributed by atoms with Gasteiger partial charge in [0, 0.05) is 18.8 Å². The molecule has 4 aliphatic carbocycles. The third-order valence-electron chi connectivity index (χ3n) is 10.5. The molecule has 0 unspecified atom stereocenters. The smallest absolute Gasteiger partial charge is 0.323 e. The van der Waals surface area contributed by atoms with Gasteiger partial charge in [0.15, 0.2) is 0 Å². The van der Waals surface area contributed by atoms with Gasteiger partial charge in [0.25, 0.3) is 0 Å². The van der Waals surface area contributed by atoms with Gasteiger partial charge >= 0.3 is 5.97 Å². The molecule has 1 aromatic heterocycles. The lowest BCUT2D eigenvalue weighted by Gasteiger charge is -2.57. The number of aromatic nitrogens is 1. The number of hydrogen-bond acceptors (Lipinski definition) is 4. The zero-order valence-corrected chi connectivity index (χ0v) is 22.2. The molecule has 4 heteroatoms.